The molecule has 0 N–H and O–H groups in total. The smallest absolute Gasteiger partial charge is 0.150 e. The van der Waals surface area contributed by atoms with Crippen molar-refractivity contribution in [3.05, 3.63) is 11.8 Å². The van der Waals surface area contributed by atoms with Crippen LogP contribution in [0.2, 0.25) is 0 Å². The Balaban J connectivity index is 3.00. The number of hydrogen-bond acceptors (Lipinski definition) is 1. The van der Waals surface area contributed by atoms with Crippen molar-refractivity contribution >= 4 is 9.24 Å². The summed E-state index contributed by atoms with van der Waals surface area (Å²) in [5.74, 6) is 0. The Kier molecular flexibility index (Phi) is 5.96. The summed E-state index contributed by atoms with van der Waals surface area (Å²) >= 11 is 0. The molecule has 0 radical (unpaired) electrons. The van der Waals surface area contributed by atoms with Crippen molar-refractivity contribution in [3.63, 3.8) is 0 Å². The second-order valence-electron chi connectivity index (χ2n) is 1.73. The lowest BCUT2D eigenvalue weighted by Crippen LogP contribution is -1.84. The summed E-state index contributed by atoms with van der Waals surface area (Å²) in [5.41, 5.74) is -0.355. The van der Waals surface area contributed by atoms with Gasteiger partial charge in [-0.25, -0.2) is 4.39 Å². The molecular formula is C6H12FOP. The minimum Gasteiger partial charge on any atom is -0.498 e. The third-order valence-corrected chi connectivity index (χ3v) is 0.948. The fraction of sp³-hybridized carbons (Fsp3) is 0.667. The Bertz CT molecular complexity index is 89.1. The fourth-order valence-corrected chi connectivity index (χ4v) is 0.462. The average Bonchev–Trinajstić information content (AvgIpc) is 1.80. The maximum Gasteiger partial charge on any atom is 0.150 e. The van der Waals surface area contributed by atoms with Gasteiger partial charge in [0.05, 0.1) is 6.61 Å². The van der Waals surface area contributed by atoms with E-state index >= 15 is 0 Å². The molecule has 54 valence electrons. The lowest BCUT2D eigenvalue weighted by molar-refractivity contribution is 0.238. The van der Waals surface area contributed by atoms with E-state index in [0.717, 1.165) is 19.1 Å². The molecule has 0 bridgehead atoms. The molecule has 0 amide bonds. The van der Waals surface area contributed by atoms with E-state index in [1.807, 2.05) is 9.24 Å². The molecule has 0 aliphatic rings. The molecule has 0 aromatic rings. The largest absolute Gasteiger partial charge is 0.498 e. The van der Waals surface area contributed by atoms with Crippen molar-refractivity contribution in [3.8, 4) is 0 Å². The van der Waals surface area contributed by atoms with Crippen LogP contribution in [0.4, 0.5) is 4.39 Å². The van der Waals surface area contributed by atoms with Crippen molar-refractivity contribution < 1.29 is 9.13 Å². The fourth-order valence-electron chi connectivity index (χ4n) is 0.366. The number of rotatable bonds is 4. The van der Waals surface area contributed by atoms with Gasteiger partial charge in [-0.05, 0) is 6.42 Å². The van der Waals surface area contributed by atoms with Gasteiger partial charge >= 0.3 is 0 Å². The van der Waals surface area contributed by atoms with Gasteiger partial charge in [0.25, 0.3) is 0 Å². The summed E-state index contributed by atoms with van der Waals surface area (Å²) < 4.78 is 16.6. The molecule has 0 aliphatic carbocycles. The Morgan fingerprint density at radius 3 is 2.89 bits per heavy atom. The highest BCUT2D eigenvalue weighted by Gasteiger charge is 1.82. The van der Waals surface area contributed by atoms with Crippen LogP contribution in [0.25, 0.3) is 0 Å². The monoisotopic (exact) mass is 150 g/mol. The van der Waals surface area contributed by atoms with Crippen molar-refractivity contribution in [1.29, 1.82) is 0 Å². The quantitative estimate of drug-likeness (QED) is 0.340. The first-order valence-electron chi connectivity index (χ1n) is 3.00. The minimum absolute atomic E-state index is 0.355. The number of unbranched alkanes of at least 4 members (excludes halogenated alkanes) is 1. The van der Waals surface area contributed by atoms with E-state index in [9.17, 15) is 4.39 Å². The summed E-state index contributed by atoms with van der Waals surface area (Å²) in [4.78, 5) is 0. The van der Waals surface area contributed by atoms with Crippen molar-refractivity contribution in [2.24, 2.45) is 0 Å². The van der Waals surface area contributed by atoms with E-state index in [-0.39, 0.29) is 5.57 Å². The zero-order valence-corrected chi connectivity index (χ0v) is 6.72. The zero-order valence-electron chi connectivity index (χ0n) is 5.56. The van der Waals surface area contributed by atoms with Crippen LogP contribution in [-0.2, 0) is 4.74 Å². The predicted octanol–water partition coefficient (Wildman–Crippen LogP) is 2.45. The van der Waals surface area contributed by atoms with E-state index in [1.165, 1.54) is 0 Å². The first-order chi connectivity index (χ1) is 4.27. The number of ether oxygens (including phenoxy) is 1. The number of hydrogen-bond donors (Lipinski definition) is 0. The van der Waals surface area contributed by atoms with E-state index in [2.05, 4.69) is 6.92 Å². The Morgan fingerprint density at radius 2 is 2.44 bits per heavy atom. The van der Waals surface area contributed by atoms with Gasteiger partial charge in [-0.2, -0.15) is 0 Å². The van der Waals surface area contributed by atoms with Crippen LogP contribution in [-0.4, -0.2) is 6.61 Å². The third-order valence-electron chi connectivity index (χ3n) is 0.812. The summed E-state index contributed by atoms with van der Waals surface area (Å²) in [6, 6.07) is 0. The second-order valence-corrected chi connectivity index (χ2v) is 2.28. The maximum absolute atomic E-state index is 11.8. The molecule has 1 unspecified atom stereocenters. The molecule has 3 heteroatoms. The Hall–Kier alpha value is -0.100. The topological polar surface area (TPSA) is 9.23 Å². The molecule has 0 saturated carbocycles. The molecule has 0 heterocycles. The molecule has 0 fully saturated rings. The lowest BCUT2D eigenvalue weighted by Gasteiger charge is -1.95. The van der Waals surface area contributed by atoms with Crippen molar-refractivity contribution in [1.82, 2.24) is 0 Å². The second kappa shape index (κ2) is 6.03. The highest BCUT2D eigenvalue weighted by atomic mass is 31.0. The lowest BCUT2D eigenvalue weighted by atomic mass is 10.4. The van der Waals surface area contributed by atoms with E-state index < -0.39 is 0 Å². The molecule has 0 rings (SSSR count). The summed E-state index contributed by atoms with van der Waals surface area (Å²) in [7, 11) is 1.91. The average molecular weight is 150 g/mol. The molecule has 0 aromatic heterocycles. The van der Waals surface area contributed by atoms with Crippen LogP contribution in [0.5, 0.6) is 0 Å². The number of halogens is 1. The molecule has 0 aromatic carbocycles. The molecule has 1 atom stereocenters. The zero-order chi connectivity index (χ0) is 7.11. The van der Waals surface area contributed by atoms with Gasteiger partial charge in [-0.15, -0.1) is 0 Å². The van der Waals surface area contributed by atoms with E-state index in [4.69, 9.17) is 4.74 Å². The van der Waals surface area contributed by atoms with E-state index in [0.29, 0.717) is 6.61 Å². The van der Waals surface area contributed by atoms with Gasteiger partial charge in [0.15, 0.2) is 0 Å². The molecule has 9 heavy (non-hydrogen) atoms. The SMILES string of the molecule is CCCCO/C=C(/F)P. The van der Waals surface area contributed by atoms with Crippen LogP contribution >= 0.6 is 9.24 Å². The molecule has 1 nitrogen and oxygen atoms in total. The van der Waals surface area contributed by atoms with Crippen LogP contribution in [0.3, 0.4) is 0 Å². The van der Waals surface area contributed by atoms with Gasteiger partial charge in [-0.1, -0.05) is 22.6 Å². The van der Waals surface area contributed by atoms with Gasteiger partial charge in [0.1, 0.15) is 11.8 Å². The van der Waals surface area contributed by atoms with Gasteiger partial charge in [-0.3, -0.25) is 0 Å². The van der Waals surface area contributed by atoms with Crippen LogP contribution in [0.1, 0.15) is 19.8 Å². The normalized spacial score (nSPS) is 11.7. The molecule has 0 saturated heterocycles. The highest BCUT2D eigenvalue weighted by Crippen LogP contribution is 2.05. The van der Waals surface area contributed by atoms with Gasteiger partial charge < -0.3 is 4.74 Å². The summed E-state index contributed by atoms with van der Waals surface area (Å²) in [6.07, 6.45) is 3.17. The predicted molar refractivity (Wildman–Crippen MR) is 39.8 cm³/mol. The van der Waals surface area contributed by atoms with Crippen LogP contribution < -0.4 is 0 Å². The molecule has 0 aliphatic heterocycles. The van der Waals surface area contributed by atoms with Crippen molar-refractivity contribution in [2.75, 3.05) is 6.61 Å². The third kappa shape index (κ3) is 7.90. The standard InChI is InChI=1S/C6H12FOP/c1-2-3-4-8-5-6(7)9/h5H,2-4,9H2,1H3/b6-5-. The van der Waals surface area contributed by atoms with Crippen molar-refractivity contribution in [2.45, 2.75) is 19.8 Å². The van der Waals surface area contributed by atoms with E-state index in [1.54, 1.807) is 0 Å². The summed E-state index contributed by atoms with van der Waals surface area (Å²) in [6.45, 7) is 2.67. The first kappa shape index (κ1) is 8.90. The maximum atomic E-state index is 11.8. The first-order valence-corrected chi connectivity index (χ1v) is 3.58. The Morgan fingerprint density at radius 1 is 1.78 bits per heavy atom. The van der Waals surface area contributed by atoms with Crippen LogP contribution in [0.15, 0.2) is 11.8 Å². The Labute approximate surface area is 57.5 Å². The minimum atomic E-state index is -0.355. The molecular weight excluding hydrogens is 138 g/mol. The summed E-state index contributed by atoms with van der Waals surface area (Å²) in [5, 5.41) is 0. The van der Waals surface area contributed by atoms with Gasteiger partial charge in [0.2, 0.25) is 0 Å². The van der Waals surface area contributed by atoms with Gasteiger partial charge in [0, 0.05) is 0 Å². The van der Waals surface area contributed by atoms with Crippen LogP contribution in [0, 0.1) is 0 Å². The highest BCUT2D eigenvalue weighted by molar-refractivity contribution is 7.21. The molecule has 0 spiro atoms.